The van der Waals surface area contributed by atoms with Gasteiger partial charge in [0.1, 0.15) is 0 Å². The van der Waals surface area contributed by atoms with Crippen LogP contribution in [0.3, 0.4) is 0 Å². The van der Waals surface area contributed by atoms with Gasteiger partial charge < -0.3 is 9.79 Å². The normalized spacial score (nSPS) is 11.2. The van der Waals surface area contributed by atoms with Crippen molar-refractivity contribution >= 4 is 8.25 Å². The molecule has 0 unspecified atom stereocenters. The molecule has 0 rings (SSSR count). The first-order valence-corrected chi connectivity index (χ1v) is 7.08. The Labute approximate surface area is 102 Å². The fourth-order valence-corrected chi connectivity index (χ4v) is 0. The summed E-state index contributed by atoms with van der Waals surface area (Å²) in [5.41, 5.74) is 1.08. The van der Waals surface area contributed by atoms with Gasteiger partial charge in [-0.15, -0.1) is 0 Å². The highest BCUT2D eigenvalue weighted by Crippen LogP contribution is 2.16. The maximum absolute atomic E-state index is 8.74. The van der Waals surface area contributed by atoms with Crippen LogP contribution in [0.1, 0.15) is 68.2 Å². The van der Waals surface area contributed by atoms with Crippen LogP contribution in [-0.4, -0.2) is 9.79 Å². The third kappa shape index (κ3) is 64.7. The largest absolute Gasteiger partial charge is 0.326 e. The summed E-state index contributed by atoms with van der Waals surface area (Å²) in [4.78, 5) is 14.3. The third-order valence-corrected chi connectivity index (χ3v) is 2.12. The van der Waals surface area contributed by atoms with E-state index in [-0.39, 0.29) is 0 Å². The van der Waals surface area contributed by atoms with E-state index in [0.717, 1.165) is 0 Å². The first-order valence-electron chi connectivity index (χ1n) is 5.77. The van der Waals surface area contributed by atoms with E-state index in [1.54, 1.807) is 0 Å². The van der Waals surface area contributed by atoms with Gasteiger partial charge in [-0.3, -0.25) is 4.57 Å². The van der Waals surface area contributed by atoms with Gasteiger partial charge in [0.15, 0.2) is 0 Å². The predicted octanol–water partition coefficient (Wildman–Crippen LogP) is 4.25. The van der Waals surface area contributed by atoms with Crippen LogP contribution in [-0.2, 0) is 4.57 Å². The lowest BCUT2D eigenvalue weighted by Crippen LogP contribution is -2.00. The summed E-state index contributed by atoms with van der Waals surface area (Å²) in [6, 6.07) is 0. The molecule has 16 heavy (non-hydrogen) atoms. The summed E-state index contributed by atoms with van der Waals surface area (Å²) in [5.74, 6) is 0. The lowest BCUT2D eigenvalue weighted by Gasteiger charge is -2.12. The van der Waals surface area contributed by atoms with Crippen molar-refractivity contribution < 1.29 is 14.4 Å². The van der Waals surface area contributed by atoms with Crippen LogP contribution in [0, 0.1) is 10.8 Å². The van der Waals surface area contributed by atoms with E-state index >= 15 is 0 Å². The Morgan fingerprint density at radius 2 is 0.875 bits per heavy atom. The molecule has 0 aliphatic rings. The molecule has 0 aliphatic carbocycles. The second-order valence-electron chi connectivity index (χ2n) is 6.11. The van der Waals surface area contributed by atoms with E-state index in [0.29, 0.717) is 10.8 Å². The van der Waals surface area contributed by atoms with Gasteiger partial charge in [0.05, 0.1) is 0 Å². The maximum atomic E-state index is 8.74. The van der Waals surface area contributed by atoms with Crippen molar-refractivity contribution in [2.24, 2.45) is 10.8 Å². The van der Waals surface area contributed by atoms with Gasteiger partial charge in [-0.1, -0.05) is 68.2 Å². The minimum atomic E-state index is -3.13. The van der Waals surface area contributed by atoms with Gasteiger partial charge in [0.25, 0.3) is 0 Å². The van der Waals surface area contributed by atoms with Crippen molar-refractivity contribution in [3.63, 3.8) is 0 Å². The molecule has 0 aromatic carbocycles. The molecule has 0 radical (unpaired) electrons. The quantitative estimate of drug-likeness (QED) is 0.635. The van der Waals surface area contributed by atoms with Crippen LogP contribution in [0.2, 0.25) is 0 Å². The summed E-state index contributed by atoms with van der Waals surface area (Å²) < 4.78 is 8.74. The van der Waals surface area contributed by atoms with Crippen molar-refractivity contribution in [2.75, 3.05) is 0 Å². The molecule has 0 spiro atoms. The average molecular weight is 254 g/mol. The van der Waals surface area contributed by atoms with Crippen LogP contribution in [0.4, 0.5) is 0 Å². The molecular formula is C12H31O3P. The van der Waals surface area contributed by atoms with Gasteiger partial charge in [-0.2, -0.15) is 0 Å². The number of hydrogen-bond acceptors (Lipinski definition) is 1. The lowest BCUT2D eigenvalue weighted by atomic mass is 9.94. The third-order valence-electron chi connectivity index (χ3n) is 2.12. The molecule has 102 valence electrons. The highest BCUT2D eigenvalue weighted by Gasteiger charge is 2.03. The van der Waals surface area contributed by atoms with E-state index in [1.807, 2.05) is 0 Å². The first-order chi connectivity index (χ1) is 6.85. The Kier molecular flexibility index (Phi) is 13.8. The molecule has 3 nitrogen and oxygen atoms in total. The van der Waals surface area contributed by atoms with Gasteiger partial charge in [0.2, 0.25) is 0 Å². The zero-order valence-electron chi connectivity index (χ0n) is 12.2. The van der Waals surface area contributed by atoms with Crippen molar-refractivity contribution in [1.29, 1.82) is 0 Å². The van der Waals surface area contributed by atoms with E-state index in [1.165, 1.54) is 12.8 Å². The zero-order chi connectivity index (χ0) is 14.0. The van der Waals surface area contributed by atoms with E-state index in [9.17, 15) is 0 Å². The predicted molar refractivity (Wildman–Crippen MR) is 72.9 cm³/mol. The molecule has 0 fully saturated rings. The van der Waals surface area contributed by atoms with Crippen LogP contribution in [0.15, 0.2) is 0 Å². The van der Waals surface area contributed by atoms with Crippen LogP contribution >= 0.6 is 8.25 Å². The Morgan fingerprint density at radius 3 is 0.875 bits per heavy atom. The Hall–Kier alpha value is 0.150. The average Bonchev–Trinajstić information content (AvgIpc) is 2.02. The fraction of sp³-hybridized carbons (Fsp3) is 1.00. The van der Waals surface area contributed by atoms with Gasteiger partial charge in [-0.05, 0) is 10.8 Å². The molecule has 0 heterocycles. The molecule has 2 N–H and O–H groups in total. The summed E-state index contributed by atoms with van der Waals surface area (Å²) in [7, 11) is -3.13. The minimum absolute atomic E-state index is 0.542. The Balaban J connectivity index is -0.000000162. The van der Waals surface area contributed by atoms with Gasteiger partial charge in [-0.25, -0.2) is 0 Å². The molecule has 0 saturated heterocycles. The lowest BCUT2D eigenvalue weighted by molar-refractivity contribution is 0.397. The molecule has 0 aromatic rings. The highest BCUT2D eigenvalue weighted by atomic mass is 31.1. The molecule has 0 saturated carbocycles. The topological polar surface area (TPSA) is 57.5 Å². The van der Waals surface area contributed by atoms with Gasteiger partial charge >= 0.3 is 8.25 Å². The molecule has 0 amide bonds. The monoisotopic (exact) mass is 254 g/mol. The molecule has 0 atom stereocenters. The second kappa shape index (κ2) is 10.3. The van der Waals surface area contributed by atoms with Crippen LogP contribution in [0.5, 0.6) is 0 Å². The van der Waals surface area contributed by atoms with E-state index in [2.05, 4.69) is 55.4 Å². The minimum Gasteiger partial charge on any atom is -0.326 e. The molecule has 4 heteroatoms. The standard InChI is InChI=1S/2C6H14.H3O3P/c2*1-5-6(2,3)4;1-4(2)3/h2*5H2,1-4H3;4H,(H2,1,2,3). The Morgan fingerprint density at radius 1 is 0.812 bits per heavy atom. The van der Waals surface area contributed by atoms with Gasteiger partial charge in [0, 0.05) is 0 Å². The van der Waals surface area contributed by atoms with E-state index in [4.69, 9.17) is 14.4 Å². The molecule has 0 aromatic heterocycles. The summed E-state index contributed by atoms with van der Waals surface area (Å²) in [6.45, 7) is 17.9. The summed E-state index contributed by atoms with van der Waals surface area (Å²) in [5, 5.41) is 0. The van der Waals surface area contributed by atoms with Crippen molar-refractivity contribution in [1.82, 2.24) is 0 Å². The van der Waals surface area contributed by atoms with E-state index < -0.39 is 8.25 Å². The van der Waals surface area contributed by atoms with Crippen molar-refractivity contribution in [2.45, 2.75) is 68.2 Å². The van der Waals surface area contributed by atoms with Crippen LogP contribution in [0.25, 0.3) is 0 Å². The fourth-order valence-electron chi connectivity index (χ4n) is 0. The molecule has 0 bridgehead atoms. The number of rotatable bonds is 0. The first kappa shape index (κ1) is 21.4. The van der Waals surface area contributed by atoms with Crippen molar-refractivity contribution in [3.8, 4) is 0 Å². The maximum Gasteiger partial charge on any atom is 0.314 e. The van der Waals surface area contributed by atoms with Crippen LogP contribution < -0.4 is 0 Å². The highest BCUT2D eigenvalue weighted by molar-refractivity contribution is 7.30. The molecule has 0 aliphatic heterocycles. The summed E-state index contributed by atoms with van der Waals surface area (Å²) >= 11 is 0. The smallest absolute Gasteiger partial charge is 0.314 e. The molecular weight excluding hydrogens is 223 g/mol. The second-order valence-corrected chi connectivity index (χ2v) is 6.68. The number of hydrogen-bond donors (Lipinski definition) is 2. The zero-order valence-corrected chi connectivity index (χ0v) is 13.2. The van der Waals surface area contributed by atoms with Crippen molar-refractivity contribution in [3.05, 3.63) is 0 Å². The Bertz CT molecular complexity index is 148. The summed E-state index contributed by atoms with van der Waals surface area (Å²) in [6.07, 6.45) is 2.54. The SMILES string of the molecule is CCC(C)(C)C.CCC(C)(C)C.O=[PH](O)O.